The summed E-state index contributed by atoms with van der Waals surface area (Å²) in [6, 6.07) is 0. The van der Waals surface area contributed by atoms with Crippen LogP contribution in [0.3, 0.4) is 0 Å². The van der Waals surface area contributed by atoms with Crippen LogP contribution in [0.2, 0.25) is 0 Å². The Balaban J connectivity index is 1.98. The molecule has 0 aromatic rings. The van der Waals surface area contributed by atoms with Crippen LogP contribution in [0, 0.1) is 0 Å². The first-order valence-corrected chi connectivity index (χ1v) is 6.42. The van der Waals surface area contributed by atoms with Gasteiger partial charge in [0.15, 0.2) is 0 Å². The molecule has 2 fully saturated rings. The molecule has 0 saturated carbocycles. The maximum absolute atomic E-state index is 2.50. The van der Waals surface area contributed by atoms with Crippen molar-refractivity contribution in [2.24, 2.45) is 0 Å². The number of rotatable bonds is 0. The van der Waals surface area contributed by atoms with Crippen molar-refractivity contribution in [3.63, 3.8) is 0 Å². The number of likely N-dealkylation sites (N-methyl/N-ethyl adjacent to an activating group) is 2. The third-order valence-corrected chi connectivity index (χ3v) is 4.29. The van der Waals surface area contributed by atoms with E-state index in [2.05, 4.69) is 23.9 Å². The van der Waals surface area contributed by atoms with Gasteiger partial charge in [0.2, 0.25) is 0 Å². The molecule has 0 unspecified atom stereocenters. The molecule has 2 aliphatic heterocycles. The van der Waals surface area contributed by atoms with Gasteiger partial charge in [0, 0.05) is 39.0 Å². The Morgan fingerprint density at radius 2 is 1.13 bits per heavy atom. The highest BCUT2D eigenvalue weighted by Crippen LogP contribution is 2.19. The number of nitrogens with zero attached hydrogens (tertiary/aromatic N) is 3. The lowest BCUT2D eigenvalue weighted by molar-refractivity contribution is -0.915. The molecule has 0 atom stereocenters. The summed E-state index contributed by atoms with van der Waals surface area (Å²) in [7, 11) is 4.54. The van der Waals surface area contributed by atoms with Gasteiger partial charge in [-0.2, -0.15) is 0 Å². The number of hydrogen-bond acceptors (Lipinski definition) is 2. The smallest absolute Gasteiger partial charge is 0.0916 e. The zero-order valence-electron chi connectivity index (χ0n) is 10.4. The lowest BCUT2D eigenvalue weighted by Crippen LogP contribution is -2.51. The second-order valence-corrected chi connectivity index (χ2v) is 5.55. The molecule has 3 heteroatoms. The van der Waals surface area contributed by atoms with Gasteiger partial charge in [-0.25, -0.2) is 0 Å². The molecule has 15 heavy (non-hydrogen) atoms. The minimum Gasteiger partial charge on any atom is -0.321 e. The Kier molecular flexibility index (Phi) is 3.65. The summed E-state index contributed by atoms with van der Waals surface area (Å²) in [5.74, 6) is 0. The number of quaternary nitrogens is 1. The largest absolute Gasteiger partial charge is 0.321 e. The fourth-order valence-corrected chi connectivity index (χ4v) is 2.90. The second-order valence-electron chi connectivity index (χ2n) is 5.55. The van der Waals surface area contributed by atoms with E-state index in [-0.39, 0.29) is 0 Å². The monoisotopic (exact) mass is 212 g/mol. The zero-order chi connectivity index (χ0) is 10.7. The highest BCUT2D eigenvalue weighted by Gasteiger charge is 2.32. The van der Waals surface area contributed by atoms with E-state index in [9.17, 15) is 0 Å². The molecular weight excluding hydrogens is 186 g/mol. The van der Waals surface area contributed by atoms with Crippen molar-refractivity contribution in [3.8, 4) is 0 Å². The topological polar surface area (TPSA) is 6.48 Å². The predicted octanol–water partition coefficient (Wildman–Crippen LogP) is 0.474. The third kappa shape index (κ3) is 2.92. The Morgan fingerprint density at radius 1 is 0.667 bits per heavy atom. The average molecular weight is 212 g/mol. The molecule has 2 aliphatic rings. The zero-order valence-corrected chi connectivity index (χ0v) is 10.4. The van der Waals surface area contributed by atoms with Gasteiger partial charge in [0.05, 0.1) is 26.2 Å². The average Bonchev–Trinajstić information content (AvgIpc) is 2.71. The van der Waals surface area contributed by atoms with Gasteiger partial charge in [-0.1, -0.05) is 0 Å². The Hall–Kier alpha value is -0.120. The second kappa shape index (κ2) is 4.81. The van der Waals surface area contributed by atoms with E-state index < -0.39 is 0 Å². The van der Waals surface area contributed by atoms with Crippen LogP contribution in [0.25, 0.3) is 0 Å². The van der Waals surface area contributed by atoms with Crippen LogP contribution in [0.5, 0.6) is 0 Å². The Morgan fingerprint density at radius 3 is 1.60 bits per heavy atom. The molecule has 88 valence electrons. The van der Waals surface area contributed by atoms with Gasteiger partial charge >= 0.3 is 0 Å². The van der Waals surface area contributed by atoms with Crippen molar-refractivity contribution in [1.29, 1.82) is 0 Å². The van der Waals surface area contributed by atoms with Gasteiger partial charge in [-0.15, -0.1) is 0 Å². The molecule has 2 saturated heterocycles. The van der Waals surface area contributed by atoms with E-state index in [1.165, 1.54) is 69.7 Å². The Labute approximate surface area is 94.2 Å². The van der Waals surface area contributed by atoms with E-state index in [1.54, 1.807) is 0 Å². The summed E-state index contributed by atoms with van der Waals surface area (Å²) in [5.41, 5.74) is 0. The van der Waals surface area contributed by atoms with E-state index in [1.807, 2.05) is 0 Å². The molecular formula is C12H26N3+. The standard InChI is InChI=1S/C12H26N3/c1-13-5-6-14(2)8-12-15(11-7-13)9-3-4-10-15/h3-12H2,1-2H3/q+1. The fourth-order valence-electron chi connectivity index (χ4n) is 2.90. The van der Waals surface area contributed by atoms with Crippen LogP contribution in [0.1, 0.15) is 12.8 Å². The fraction of sp³-hybridized carbons (Fsp3) is 1.00. The first-order chi connectivity index (χ1) is 7.20. The van der Waals surface area contributed by atoms with Crippen molar-refractivity contribution in [3.05, 3.63) is 0 Å². The molecule has 0 aliphatic carbocycles. The van der Waals surface area contributed by atoms with Gasteiger partial charge in [0.25, 0.3) is 0 Å². The summed E-state index contributed by atoms with van der Waals surface area (Å²) in [4.78, 5) is 5.00. The van der Waals surface area contributed by atoms with Crippen molar-refractivity contribution in [1.82, 2.24) is 9.80 Å². The molecule has 0 N–H and O–H groups in total. The van der Waals surface area contributed by atoms with E-state index >= 15 is 0 Å². The van der Waals surface area contributed by atoms with Gasteiger partial charge < -0.3 is 4.48 Å². The summed E-state index contributed by atoms with van der Waals surface area (Å²) in [5, 5.41) is 0. The van der Waals surface area contributed by atoms with Crippen molar-refractivity contribution < 1.29 is 4.48 Å². The lowest BCUT2D eigenvalue weighted by Gasteiger charge is -2.35. The van der Waals surface area contributed by atoms with Crippen molar-refractivity contribution in [2.45, 2.75) is 12.8 Å². The summed E-state index contributed by atoms with van der Waals surface area (Å²) in [6.45, 7) is 10.7. The van der Waals surface area contributed by atoms with Crippen LogP contribution in [0.4, 0.5) is 0 Å². The van der Waals surface area contributed by atoms with Gasteiger partial charge in [-0.3, -0.25) is 9.80 Å². The molecule has 0 aromatic carbocycles. The highest BCUT2D eigenvalue weighted by atomic mass is 15.4. The van der Waals surface area contributed by atoms with Crippen molar-refractivity contribution in [2.75, 3.05) is 66.5 Å². The van der Waals surface area contributed by atoms with Crippen LogP contribution in [-0.2, 0) is 0 Å². The first-order valence-electron chi connectivity index (χ1n) is 6.42. The SMILES string of the molecule is CN1CCN(C)CC[N+]2(CCCC2)CC1. The van der Waals surface area contributed by atoms with Crippen LogP contribution >= 0.6 is 0 Å². The van der Waals surface area contributed by atoms with Crippen LogP contribution in [0.15, 0.2) is 0 Å². The van der Waals surface area contributed by atoms with Crippen LogP contribution < -0.4 is 0 Å². The maximum Gasteiger partial charge on any atom is 0.0916 e. The minimum atomic E-state index is 1.23. The Bertz CT molecular complexity index is 183. The highest BCUT2D eigenvalue weighted by molar-refractivity contribution is 4.64. The quantitative estimate of drug-likeness (QED) is 0.539. The van der Waals surface area contributed by atoms with E-state index in [4.69, 9.17) is 0 Å². The summed E-state index contributed by atoms with van der Waals surface area (Å²) in [6.07, 6.45) is 2.90. The molecule has 0 amide bonds. The summed E-state index contributed by atoms with van der Waals surface area (Å²) >= 11 is 0. The lowest BCUT2D eigenvalue weighted by atomic mass is 10.3. The van der Waals surface area contributed by atoms with E-state index in [0.29, 0.717) is 0 Å². The predicted molar refractivity (Wildman–Crippen MR) is 64.0 cm³/mol. The van der Waals surface area contributed by atoms with Crippen molar-refractivity contribution >= 4 is 0 Å². The van der Waals surface area contributed by atoms with E-state index in [0.717, 1.165) is 0 Å². The minimum absolute atomic E-state index is 1.23. The maximum atomic E-state index is 2.50. The molecule has 0 bridgehead atoms. The normalized spacial score (nSPS) is 30.0. The molecule has 0 radical (unpaired) electrons. The molecule has 1 spiro atoms. The molecule has 2 heterocycles. The molecule has 0 aromatic heterocycles. The third-order valence-electron chi connectivity index (χ3n) is 4.29. The molecule has 2 rings (SSSR count). The van der Waals surface area contributed by atoms with Crippen LogP contribution in [-0.4, -0.2) is 80.7 Å². The number of hydrogen-bond donors (Lipinski definition) is 0. The van der Waals surface area contributed by atoms with Gasteiger partial charge in [0.1, 0.15) is 0 Å². The van der Waals surface area contributed by atoms with Gasteiger partial charge in [-0.05, 0) is 14.1 Å². The molecule has 3 nitrogen and oxygen atoms in total. The summed E-state index contributed by atoms with van der Waals surface area (Å²) < 4.78 is 1.40. The first kappa shape index (κ1) is 11.4.